The number of nitrogens with one attached hydrogen (secondary N) is 1. The zero-order valence-electron chi connectivity index (χ0n) is 13.3. The number of nitrogens with zero attached hydrogens (tertiary/aromatic N) is 1. The van der Waals surface area contributed by atoms with Gasteiger partial charge in [-0.05, 0) is 6.07 Å². The van der Waals surface area contributed by atoms with E-state index >= 15 is 0 Å². The van der Waals surface area contributed by atoms with Gasteiger partial charge in [0.25, 0.3) is 0 Å². The average molecular weight is 349 g/mol. The maximum atomic E-state index is 12.2. The molecule has 1 aliphatic heterocycles. The molecule has 25 heavy (non-hydrogen) atoms. The number of furan rings is 1. The van der Waals surface area contributed by atoms with Crippen LogP contribution in [0.3, 0.4) is 0 Å². The third-order valence-electron chi connectivity index (χ3n) is 4.71. The fourth-order valence-electron chi connectivity index (χ4n) is 3.61. The zero-order chi connectivity index (χ0) is 17.0. The van der Waals surface area contributed by atoms with Crippen LogP contribution in [0.2, 0.25) is 0 Å². The molecule has 0 spiro atoms. The number of para-hydroxylation sites is 2. The van der Waals surface area contributed by atoms with Crippen LogP contribution >= 0.6 is 11.3 Å². The van der Waals surface area contributed by atoms with Crippen molar-refractivity contribution in [3.8, 4) is 0 Å². The second kappa shape index (κ2) is 5.32. The lowest BCUT2D eigenvalue weighted by Gasteiger charge is -2.13. The zero-order valence-corrected chi connectivity index (χ0v) is 14.1. The number of thiazole rings is 1. The Morgan fingerprint density at radius 1 is 1.16 bits per heavy atom. The molecule has 0 saturated heterocycles. The van der Waals surface area contributed by atoms with Gasteiger partial charge >= 0.3 is 0 Å². The van der Waals surface area contributed by atoms with Crippen molar-refractivity contribution in [1.29, 1.82) is 0 Å². The minimum atomic E-state index is -0.100. The first-order valence-electron chi connectivity index (χ1n) is 8.12. The van der Waals surface area contributed by atoms with Gasteiger partial charge in [-0.25, -0.2) is 4.98 Å². The maximum absolute atomic E-state index is 12.2. The van der Waals surface area contributed by atoms with E-state index in [0.717, 1.165) is 38.1 Å². The number of aromatic nitrogens is 1. The number of hydrogen-bond acceptors (Lipinski definition) is 5. The van der Waals surface area contributed by atoms with E-state index in [1.165, 1.54) is 11.3 Å². The molecule has 3 N–H and O–H groups in total. The van der Waals surface area contributed by atoms with Crippen LogP contribution in [-0.4, -0.2) is 10.9 Å². The summed E-state index contributed by atoms with van der Waals surface area (Å²) in [4.78, 5) is 17.7. The van der Waals surface area contributed by atoms with Crippen LogP contribution < -0.4 is 11.1 Å². The first-order chi connectivity index (χ1) is 12.2. The van der Waals surface area contributed by atoms with Gasteiger partial charge in [0.1, 0.15) is 11.2 Å². The summed E-state index contributed by atoms with van der Waals surface area (Å²) in [5.74, 6) is -0.0848. The fourth-order valence-corrected chi connectivity index (χ4v) is 4.58. The lowest BCUT2D eigenvalue weighted by atomic mass is 9.92. The molecule has 1 unspecified atom stereocenters. The molecule has 0 fully saturated rings. The van der Waals surface area contributed by atoms with Crippen molar-refractivity contribution in [2.75, 3.05) is 5.73 Å². The number of nitrogen functional groups attached to an aromatic ring is 1. The largest absolute Gasteiger partial charge is 0.456 e. The van der Waals surface area contributed by atoms with Gasteiger partial charge in [-0.2, -0.15) is 0 Å². The third kappa shape index (κ3) is 2.21. The summed E-state index contributed by atoms with van der Waals surface area (Å²) in [7, 11) is 0. The highest BCUT2D eigenvalue weighted by atomic mass is 32.1. The van der Waals surface area contributed by atoms with Crippen LogP contribution in [0.15, 0.2) is 46.9 Å². The molecule has 1 aliphatic rings. The SMILES string of the molecule is Nc1nc2c(s1)C(c1cccc3c1oc1ccccc13)CC(=O)NC2. The van der Waals surface area contributed by atoms with Gasteiger partial charge in [0, 0.05) is 33.6 Å². The maximum Gasteiger partial charge on any atom is 0.221 e. The van der Waals surface area contributed by atoms with Gasteiger partial charge in [-0.3, -0.25) is 4.79 Å². The number of carbonyl (C=O) groups is 1. The van der Waals surface area contributed by atoms with Gasteiger partial charge in [0.15, 0.2) is 5.13 Å². The van der Waals surface area contributed by atoms with Crippen molar-refractivity contribution in [3.05, 3.63) is 58.6 Å². The van der Waals surface area contributed by atoms with Crippen LogP contribution in [0.5, 0.6) is 0 Å². The van der Waals surface area contributed by atoms with E-state index in [9.17, 15) is 4.79 Å². The molecule has 0 radical (unpaired) electrons. The summed E-state index contributed by atoms with van der Waals surface area (Å²) in [6.07, 6.45) is 0.366. The first-order valence-corrected chi connectivity index (χ1v) is 8.94. The molecule has 3 heterocycles. The highest BCUT2D eigenvalue weighted by Gasteiger charge is 2.29. The van der Waals surface area contributed by atoms with E-state index < -0.39 is 0 Å². The second-order valence-electron chi connectivity index (χ2n) is 6.22. The number of amides is 1. The van der Waals surface area contributed by atoms with Gasteiger partial charge in [0.05, 0.1) is 12.2 Å². The molecule has 5 rings (SSSR count). The predicted octanol–water partition coefficient (Wildman–Crippen LogP) is 3.78. The number of rotatable bonds is 1. The molecule has 0 aliphatic carbocycles. The number of carbonyl (C=O) groups excluding carboxylic acids is 1. The summed E-state index contributed by atoms with van der Waals surface area (Å²) < 4.78 is 6.16. The number of nitrogens with two attached hydrogens (primary N) is 1. The molecule has 2 aromatic carbocycles. The summed E-state index contributed by atoms with van der Waals surface area (Å²) >= 11 is 1.46. The summed E-state index contributed by atoms with van der Waals surface area (Å²) in [6, 6.07) is 14.1. The van der Waals surface area contributed by atoms with Crippen LogP contribution in [0.25, 0.3) is 21.9 Å². The molecule has 6 heteroatoms. The Bertz CT molecular complexity index is 1130. The van der Waals surface area contributed by atoms with Crippen molar-refractivity contribution in [2.45, 2.75) is 18.9 Å². The standard InChI is InChI=1S/C19H15N3O2S/c20-19-22-14-9-21-16(23)8-13(18(14)25-19)12-6-3-5-11-10-4-1-2-7-15(10)24-17(11)12/h1-7,13H,8-9H2,(H2,20,22)(H,21,23). The Morgan fingerprint density at radius 2 is 2.00 bits per heavy atom. The minimum absolute atomic E-state index is 0.0156. The molecular formula is C19H15N3O2S. The number of fused-ring (bicyclic) bond motifs is 4. The van der Waals surface area contributed by atoms with E-state index in [1.54, 1.807) is 0 Å². The van der Waals surface area contributed by atoms with Gasteiger partial charge < -0.3 is 15.5 Å². The number of benzene rings is 2. The van der Waals surface area contributed by atoms with Gasteiger partial charge in [-0.1, -0.05) is 36.4 Å². The third-order valence-corrected chi connectivity index (χ3v) is 5.75. The molecule has 1 amide bonds. The van der Waals surface area contributed by atoms with Crippen molar-refractivity contribution < 1.29 is 9.21 Å². The van der Waals surface area contributed by atoms with E-state index in [2.05, 4.69) is 22.4 Å². The highest BCUT2D eigenvalue weighted by molar-refractivity contribution is 7.15. The lowest BCUT2D eigenvalue weighted by Crippen LogP contribution is -2.21. The van der Waals surface area contributed by atoms with E-state index in [4.69, 9.17) is 10.2 Å². The second-order valence-corrected chi connectivity index (χ2v) is 7.28. The normalized spacial score (nSPS) is 17.4. The van der Waals surface area contributed by atoms with E-state index in [0.29, 0.717) is 18.1 Å². The fraction of sp³-hybridized carbons (Fsp3) is 0.158. The van der Waals surface area contributed by atoms with Crippen LogP contribution in [0.4, 0.5) is 5.13 Å². The summed E-state index contributed by atoms with van der Waals surface area (Å²) in [5, 5.41) is 5.59. The van der Waals surface area contributed by atoms with Crippen molar-refractivity contribution in [3.63, 3.8) is 0 Å². The number of hydrogen-bond donors (Lipinski definition) is 2. The molecule has 124 valence electrons. The average Bonchev–Trinajstić information content (AvgIpc) is 3.14. The Morgan fingerprint density at radius 3 is 2.92 bits per heavy atom. The minimum Gasteiger partial charge on any atom is -0.456 e. The predicted molar refractivity (Wildman–Crippen MR) is 98.6 cm³/mol. The topological polar surface area (TPSA) is 81.2 Å². The Kier molecular flexibility index (Phi) is 3.08. The van der Waals surface area contributed by atoms with Gasteiger partial charge in [0.2, 0.25) is 5.91 Å². The summed E-state index contributed by atoms with van der Waals surface area (Å²) in [6.45, 7) is 0.425. The lowest BCUT2D eigenvalue weighted by molar-refractivity contribution is -0.121. The molecule has 1 atom stereocenters. The van der Waals surface area contributed by atoms with Crippen molar-refractivity contribution in [1.82, 2.24) is 10.3 Å². The Hall–Kier alpha value is -2.86. The highest BCUT2D eigenvalue weighted by Crippen LogP contribution is 2.41. The quantitative estimate of drug-likeness (QED) is 0.548. The Balaban J connectivity index is 1.78. The van der Waals surface area contributed by atoms with Crippen molar-refractivity contribution >= 4 is 44.3 Å². The summed E-state index contributed by atoms with van der Waals surface area (Å²) in [5.41, 5.74) is 9.48. The van der Waals surface area contributed by atoms with Crippen LogP contribution in [0, 0.1) is 0 Å². The van der Waals surface area contributed by atoms with Gasteiger partial charge in [-0.15, -0.1) is 11.3 Å². The molecule has 4 aromatic rings. The molecule has 5 nitrogen and oxygen atoms in total. The number of anilines is 1. The molecule has 0 bridgehead atoms. The van der Waals surface area contributed by atoms with Crippen molar-refractivity contribution in [2.24, 2.45) is 0 Å². The monoisotopic (exact) mass is 349 g/mol. The smallest absolute Gasteiger partial charge is 0.221 e. The molecular weight excluding hydrogens is 334 g/mol. The van der Waals surface area contributed by atoms with Crippen LogP contribution in [-0.2, 0) is 11.3 Å². The molecule has 2 aromatic heterocycles. The van der Waals surface area contributed by atoms with E-state index in [-0.39, 0.29) is 11.8 Å². The first kappa shape index (κ1) is 14.5. The molecule has 0 saturated carbocycles. The van der Waals surface area contributed by atoms with E-state index in [1.807, 2.05) is 30.3 Å². The van der Waals surface area contributed by atoms with Crippen LogP contribution in [0.1, 0.15) is 28.5 Å². The Labute approximate surface area is 147 Å².